The molecule has 0 saturated carbocycles. The van der Waals surface area contributed by atoms with Gasteiger partial charge in [-0.15, -0.1) is 16.8 Å². The number of nitrogens with zero attached hydrogens (tertiary/aromatic N) is 5. The summed E-state index contributed by atoms with van der Waals surface area (Å²) in [5.74, 6) is 2.42. The van der Waals surface area contributed by atoms with E-state index in [9.17, 15) is 5.11 Å². The van der Waals surface area contributed by atoms with Gasteiger partial charge in [-0.1, -0.05) is 12.1 Å². The fourth-order valence-corrected chi connectivity index (χ4v) is 6.66. The minimum Gasteiger partial charge on any atom is -0.497 e. The molecule has 1 aromatic carbocycles. The van der Waals surface area contributed by atoms with Crippen molar-refractivity contribution in [2.45, 2.75) is 31.4 Å². The van der Waals surface area contributed by atoms with Crippen LogP contribution >= 0.6 is 0 Å². The lowest BCUT2D eigenvalue weighted by atomic mass is 9.73. The molecule has 0 aliphatic carbocycles. The maximum atomic E-state index is 12.3. The first-order valence-electron chi connectivity index (χ1n) is 14.7. The van der Waals surface area contributed by atoms with Crippen molar-refractivity contribution < 1.29 is 14.6 Å². The first-order valence-corrected chi connectivity index (χ1v) is 14.7. The van der Waals surface area contributed by atoms with Crippen LogP contribution < -0.4 is 9.47 Å². The quantitative estimate of drug-likeness (QED) is 0.215. The number of hydrogen-bond acceptors (Lipinski definition) is 8. The largest absolute Gasteiger partial charge is 0.497 e. The second-order valence-corrected chi connectivity index (χ2v) is 11.4. The molecule has 3 aliphatic rings. The smallest absolute Gasteiger partial charge is 0.238 e. The molecule has 3 saturated heterocycles. The number of methoxy groups -OCH3 is 1. The predicted octanol–water partition coefficient (Wildman–Crippen LogP) is 5.74. The number of aromatic amines is 1. The summed E-state index contributed by atoms with van der Waals surface area (Å²) in [5.41, 5.74) is 4.69. The molecule has 4 aromatic heterocycles. The van der Waals surface area contributed by atoms with Gasteiger partial charge in [0.25, 0.3) is 0 Å². The number of H-pyrrole nitrogens is 1. The monoisotopic (exact) mass is 574 g/mol. The number of rotatable bonds is 9. The normalized spacial score (nSPS) is 21.9. The Bertz CT molecular complexity index is 1730. The van der Waals surface area contributed by atoms with E-state index in [0.717, 1.165) is 48.1 Å². The second kappa shape index (κ2) is 11.6. The summed E-state index contributed by atoms with van der Waals surface area (Å²) in [6.45, 7) is 5.92. The summed E-state index contributed by atoms with van der Waals surface area (Å²) in [4.78, 5) is 14.9. The van der Waals surface area contributed by atoms with E-state index in [-0.39, 0.29) is 6.04 Å². The van der Waals surface area contributed by atoms with E-state index in [1.807, 2.05) is 60.9 Å². The van der Waals surface area contributed by atoms with Crippen LogP contribution in [-0.2, 0) is 6.42 Å². The molecule has 0 radical (unpaired) electrons. The van der Waals surface area contributed by atoms with E-state index in [1.54, 1.807) is 19.4 Å². The summed E-state index contributed by atoms with van der Waals surface area (Å²) in [7, 11) is 1.64. The lowest BCUT2D eigenvalue weighted by Crippen LogP contribution is -2.54. The molecule has 218 valence electrons. The molecule has 9 heteroatoms. The van der Waals surface area contributed by atoms with Crippen molar-refractivity contribution in [2.24, 2.45) is 11.8 Å². The van der Waals surface area contributed by atoms with Gasteiger partial charge in [-0.3, -0.25) is 9.88 Å². The SMILES string of the molecule is C=C[C@H]1CN2CCC1C[C@H]2[C@H](O)c1c(Oc2ccc(-c3ccc[nH]3)nn2)c(Cc2cccnc2)nc2ccc(OC)cc12. The predicted molar refractivity (Wildman–Crippen MR) is 164 cm³/mol. The van der Waals surface area contributed by atoms with Gasteiger partial charge in [0.2, 0.25) is 5.88 Å². The van der Waals surface area contributed by atoms with Crippen molar-refractivity contribution in [3.63, 3.8) is 0 Å². The molecular weight excluding hydrogens is 540 g/mol. The Morgan fingerprint density at radius 2 is 2.09 bits per heavy atom. The molecule has 2 unspecified atom stereocenters. The fourth-order valence-electron chi connectivity index (χ4n) is 6.66. The topological polar surface area (TPSA) is 109 Å². The number of fused-ring (bicyclic) bond motifs is 4. The van der Waals surface area contributed by atoms with E-state index < -0.39 is 6.10 Å². The lowest BCUT2D eigenvalue weighted by Gasteiger charge is -2.50. The Kier molecular flexibility index (Phi) is 7.34. The van der Waals surface area contributed by atoms with Crippen LogP contribution in [-0.4, -0.2) is 61.4 Å². The van der Waals surface area contributed by atoms with Crippen molar-refractivity contribution in [1.29, 1.82) is 0 Å². The van der Waals surface area contributed by atoms with Crippen LogP contribution in [0.25, 0.3) is 22.3 Å². The maximum Gasteiger partial charge on any atom is 0.238 e. The standard InChI is InChI=1S/C34H34N6O3/c1-3-22-20-40-15-12-23(22)17-30(40)33(41)32-25-18-24(42-2)8-9-26(25)37-29(16-21-6-4-13-35-19-21)34(32)43-31-11-10-28(38-39-31)27-7-5-14-36-27/h3-11,13-14,18-19,22-23,30,33,36,41H,1,12,15-17,20H2,2H3/t22-,23?,30-,33-/m0/s1. The zero-order valence-corrected chi connectivity index (χ0v) is 24.1. The van der Waals surface area contributed by atoms with Crippen LogP contribution in [0, 0.1) is 11.8 Å². The Labute approximate surface area is 250 Å². The molecule has 3 aliphatic heterocycles. The molecule has 0 spiro atoms. The first kappa shape index (κ1) is 27.2. The minimum atomic E-state index is -0.833. The third-order valence-corrected chi connectivity index (χ3v) is 8.89. The van der Waals surface area contributed by atoms with Crippen molar-refractivity contribution in [3.05, 3.63) is 103 Å². The van der Waals surface area contributed by atoms with Crippen molar-refractivity contribution >= 4 is 10.9 Å². The lowest BCUT2D eigenvalue weighted by molar-refractivity contribution is -0.0450. The second-order valence-electron chi connectivity index (χ2n) is 11.4. The summed E-state index contributed by atoms with van der Waals surface area (Å²) < 4.78 is 12.2. The zero-order chi connectivity index (χ0) is 29.3. The molecule has 3 fully saturated rings. The van der Waals surface area contributed by atoms with Crippen molar-refractivity contribution in [1.82, 2.24) is 30.0 Å². The van der Waals surface area contributed by atoms with Gasteiger partial charge in [0.1, 0.15) is 11.4 Å². The number of benzene rings is 1. The third-order valence-electron chi connectivity index (χ3n) is 8.89. The van der Waals surface area contributed by atoms with Crippen molar-refractivity contribution in [2.75, 3.05) is 20.2 Å². The summed E-state index contributed by atoms with van der Waals surface area (Å²) in [6, 6.07) is 17.1. The third kappa shape index (κ3) is 5.26. The number of hydrogen-bond donors (Lipinski definition) is 2. The minimum absolute atomic E-state index is 0.0679. The van der Waals surface area contributed by atoms with E-state index in [2.05, 4.69) is 37.7 Å². The highest BCUT2D eigenvalue weighted by Gasteiger charge is 2.43. The van der Waals surface area contributed by atoms with Gasteiger partial charge >= 0.3 is 0 Å². The van der Waals surface area contributed by atoms with Gasteiger partial charge in [-0.25, -0.2) is 4.98 Å². The molecule has 9 nitrogen and oxygen atoms in total. The van der Waals surface area contributed by atoms with E-state index >= 15 is 0 Å². The number of nitrogens with one attached hydrogen (secondary N) is 1. The molecule has 8 rings (SSSR count). The molecular formula is C34H34N6O3. The van der Waals surface area contributed by atoms with E-state index in [0.29, 0.717) is 52.6 Å². The number of aliphatic hydroxyl groups is 1. The molecule has 5 atom stereocenters. The van der Waals surface area contributed by atoms with Crippen LogP contribution in [0.5, 0.6) is 17.4 Å². The van der Waals surface area contributed by atoms with E-state index in [1.165, 1.54) is 0 Å². The highest BCUT2D eigenvalue weighted by molar-refractivity contribution is 5.87. The fraction of sp³-hybridized carbons (Fsp3) is 0.294. The molecule has 7 heterocycles. The summed E-state index contributed by atoms with van der Waals surface area (Å²) in [6.07, 6.45) is 9.12. The van der Waals surface area contributed by atoms with Crippen LogP contribution in [0.1, 0.15) is 35.8 Å². The maximum absolute atomic E-state index is 12.3. The van der Waals surface area contributed by atoms with Gasteiger partial charge in [-0.05, 0) is 79.3 Å². The number of aliphatic hydroxyl groups excluding tert-OH is 1. The van der Waals surface area contributed by atoms with Crippen LogP contribution in [0.15, 0.2) is 85.8 Å². The first-order chi connectivity index (χ1) is 21.1. The molecule has 5 aromatic rings. The molecule has 43 heavy (non-hydrogen) atoms. The van der Waals surface area contributed by atoms with Crippen LogP contribution in [0.3, 0.4) is 0 Å². The number of aromatic nitrogens is 5. The summed E-state index contributed by atoms with van der Waals surface area (Å²) in [5, 5.41) is 21.9. The number of pyridine rings is 2. The average Bonchev–Trinajstić information content (AvgIpc) is 3.61. The van der Waals surface area contributed by atoms with Gasteiger partial charge in [0.05, 0.1) is 30.1 Å². The molecule has 2 bridgehead atoms. The highest BCUT2D eigenvalue weighted by atomic mass is 16.5. The van der Waals surface area contributed by atoms with Gasteiger partial charge in [0.15, 0.2) is 5.75 Å². The Morgan fingerprint density at radius 3 is 2.79 bits per heavy atom. The number of piperidine rings is 3. The molecule has 2 N–H and O–H groups in total. The highest BCUT2D eigenvalue weighted by Crippen LogP contribution is 2.46. The number of ether oxygens (including phenoxy) is 2. The average molecular weight is 575 g/mol. The Hall–Kier alpha value is -4.60. The molecule has 0 amide bonds. The summed E-state index contributed by atoms with van der Waals surface area (Å²) >= 11 is 0. The van der Waals surface area contributed by atoms with Crippen LogP contribution in [0.4, 0.5) is 0 Å². The van der Waals surface area contributed by atoms with Crippen molar-refractivity contribution in [3.8, 4) is 28.8 Å². The van der Waals surface area contributed by atoms with Gasteiger partial charge in [-0.2, -0.15) is 0 Å². The Balaban J connectivity index is 1.37. The zero-order valence-electron chi connectivity index (χ0n) is 24.1. The van der Waals surface area contributed by atoms with Gasteiger partial charge < -0.3 is 19.6 Å². The van der Waals surface area contributed by atoms with Crippen LogP contribution in [0.2, 0.25) is 0 Å². The van der Waals surface area contributed by atoms with E-state index in [4.69, 9.17) is 14.5 Å². The Morgan fingerprint density at radius 1 is 1.16 bits per heavy atom. The van der Waals surface area contributed by atoms with Gasteiger partial charge in [0, 0.05) is 54.6 Å².